The van der Waals surface area contributed by atoms with Crippen LogP contribution in [0, 0.1) is 19.8 Å². The van der Waals surface area contributed by atoms with Gasteiger partial charge in [0.25, 0.3) is 0 Å². The van der Waals surface area contributed by atoms with E-state index in [1.165, 1.54) is 11.8 Å². The molecule has 0 spiro atoms. The maximum Gasteiger partial charge on any atom is 0.227 e. The summed E-state index contributed by atoms with van der Waals surface area (Å²) in [6, 6.07) is 9.82. The van der Waals surface area contributed by atoms with Crippen LogP contribution >= 0.6 is 11.8 Å². The third-order valence-electron chi connectivity index (χ3n) is 6.13. The van der Waals surface area contributed by atoms with E-state index in [2.05, 4.69) is 44.6 Å². The molecule has 10 heteroatoms. The van der Waals surface area contributed by atoms with Gasteiger partial charge in [-0.2, -0.15) is 5.10 Å². The molecule has 3 aromatic rings. The summed E-state index contributed by atoms with van der Waals surface area (Å²) in [6.45, 7) is 7.88. The van der Waals surface area contributed by atoms with Gasteiger partial charge >= 0.3 is 0 Å². The van der Waals surface area contributed by atoms with Gasteiger partial charge in [-0.15, -0.1) is 0 Å². The summed E-state index contributed by atoms with van der Waals surface area (Å²) < 4.78 is 0. The Kier molecular flexibility index (Phi) is 6.42. The SMILES string of the molecule is Cc1cc(Nc2nc(Sc3ccc(NC(=O)C4CC4)cc3)nc(N3CCN(C)CC3)c2C)n[nH]1. The fourth-order valence-electron chi connectivity index (χ4n) is 3.88. The summed E-state index contributed by atoms with van der Waals surface area (Å²) in [5.74, 6) is 2.74. The van der Waals surface area contributed by atoms with Gasteiger partial charge in [0.2, 0.25) is 5.91 Å². The fourth-order valence-corrected chi connectivity index (χ4v) is 4.64. The highest BCUT2D eigenvalue weighted by molar-refractivity contribution is 7.99. The molecule has 9 nitrogen and oxygen atoms in total. The van der Waals surface area contributed by atoms with Crippen molar-refractivity contribution in [2.24, 2.45) is 5.92 Å². The van der Waals surface area contributed by atoms with Crippen molar-refractivity contribution < 1.29 is 4.79 Å². The molecule has 1 saturated carbocycles. The first-order valence-electron chi connectivity index (χ1n) is 11.6. The Labute approximate surface area is 203 Å². The molecule has 3 N–H and O–H groups in total. The van der Waals surface area contributed by atoms with Crippen molar-refractivity contribution >= 4 is 40.8 Å². The highest BCUT2D eigenvalue weighted by Crippen LogP contribution is 2.34. The third kappa shape index (κ3) is 5.34. The van der Waals surface area contributed by atoms with Crippen LogP contribution in [0.3, 0.4) is 0 Å². The summed E-state index contributed by atoms with van der Waals surface area (Å²) in [6.07, 6.45) is 1.99. The lowest BCUT2D eigenvalue weighted by molar-refractivity contribution is -0.117. The molecule has 1 saturated heterocycles. The highest BCUT2D eigenvalue weighted by Gasteiger charge is 2.29. The minimum atomic E-state index is 0.114. The number of H-pyrrole nitrogens is 1. The molecule has 3 heterocycles. The van der Waals surface area contributed by atoms with E-state index in [9.17, 15) is 4.79 Å². The van der Waals surface area contributed by atoms with E-state index in [1.807, 2.05) is 37.3 Å². The van der Waals surface area contributed by atoms with Crippen LogP contribution in [0.1, 0.15) is 24.1 Å². The topological polar surface area (TPSA) is 102 Å². The van der Waals surface area contributed by atoms with Crippen molar-refractivity contribution in [2.75, 3.05) is 48.8 Å². The number of benzene rings is 1. The lowest BCUT2D eigenvalue weighted by atomic mass is 10.2. The van der Waals surface area contributed by atoms with E-state index in [0.29, 0.717) is 5.16 Å². The molecule has 2 fully saturated rings. The summed E-state index contributed by atoms with van der Waals surface area (Å²) in [5, 5.41) is 14.3. The number of carbonyl (C=O) groups is 1. The van der Waals surface area contributed by atoms with Gasteiger partial charge in [-0.1, -0.05) is 0 Å². The lowest BCUT2D eigenvalue weighted by Gasteiger charge is -2.34. The molecule has 34 heavy (non-hydrogen) atoms. The van der Waals surface area contributed by atoms with Crippen molar-refractivity contribution in [3.63, 3.8) is 0 Å². The zero-order valence-corrected chi connectivity index (χ0v) is 20.6. The Morgan fingerprint density at radius 1 is 1.09 bits per heavy atom. The van der Waals surface area contributed by atoms with Crippen LogP contribution in [0.15, 0.2) is 40.4 Å². The lowest BCUT2D eigenvalue weighted by Crippen LogP contribution is -2.45. The second kappa shape index (κ2) is 9.63. The molecular formula is C24H30N8OS. The number of amides is 1. The average Bonchev–Trinajstić information content (AvgIpc) is 3.60. The maximum atomic E-state index is 12.0. The number of aromatic amines is 1. The molecule has 2 aromatic heterocycles. The molecule has 0 unspecified atom stereocenters. The second-order valence-electron chi connectivity index (χ2n) is 9.04. The second-order valence-corrected chi connectivity index (χ2v) is 10.1. The molecule has 0 atom stereocenters. The number of hydrogen-bond donors (Lipinski definition) is 3. The van der Waals surface area contributed by atoms with Gasteiger partial charge in [-0.3, -0.25) is 9.89 Å². The first-order chi connectivity index (χ1) is 16.4. The molecule has 0 bridgehead atoms. The summed E-state index contributed by atoms with van der Waals surface area (Å²) >= 11 is 1.51. The van der Waals surface area contributed by atoms with Gasteiger partial charge in [0, 0.05) is 60.0 Å². The van der Waals surface area contributed by atoms with Crippen LogP contribution < -0.4 is 15.5 Å². The van der Waals surface area contributed by atoms with Gasteiger partial charge in [0.05, 0.1) is 0 Å². The zero-order chi connectivity index (χ0) is 23.7. The Hall–Kier alpha value is -3.11. The van der Waals surface area contributed by atoms with Gasteiger partial charge in [-0.25, -0.2) is 9.97 Å². The van der Waals surface area contributed by atoms with E-state index in [-0.39, 0.29) is 11.8 Å². The predicted molar refractivity (Wildman–Crippen MR) is 135 cm³/mol. The van der Waals surface area contributed by atoms with Crippen LogP contribution in [-0.2, 0) is 4.79 Å². The van der Waals surface area contributed by atoms with Crippen molar-refractivity contribution in [3.8, 4) is 0 Å². The number of likely N-dealkylation sites (N-methyl/N-ethyl adjacent to an activating group) is 1. The smallest absolute Gasteiger partial charge is 0.227 e. The number of hydrogen-bond acceptors (Lipinski definition) is 8. The van der Waals surface area contributed by atoms with E-state index in [0.717, 1.165) is 78.3 Å². The van der Waals surface area contributed by atoms with Gasteiger partial charge in [0.1, 0.15) is 11.6 Å². The molecule has 1 aliphatic carbocycles. The summed E-state index contributed by atoms with van der Waals surface area (Å²) in [5.41, 5.74) is 2.81. The summed E-state index contributed by atoms with van der Waals surface area (Å²) in [7, 11) is 2.15. The van der Waals surface area contributed by atoms with Crippen LogP contribution in [0.5, 0.6) is 0 Å². The number of rotatable bonds is 7. The number of aromatic nitrogens is 4. The number of anilines is 4. The Morgan fingerprint density at radius 2 is 1.82 bits per heavy atom. The normalized spacial score (nSPS) is 16.5. The number of carbonyl (C=O) groups excluding carboxylic acids is 1. The number of aryl methyl sites for hydroxylation is 1. The van der Waals surface area contributed by atoms with E-state index < -0.39 is 0 Å². The Morgan fingerprint density at radius 3 is 2.47 bits per heavy atom. The molecule has 178 valence electrons. The molecule has 1 aromatic carbocycles. The third-order valence-corrected chi connectivity index (χ3v) is 7.01. The van der Waals surface area contributed by atoms with Crippen molar-refractivity contribution in [2.45, 2.75) is 36.7 Å². The van der Waals surface area contributed by atoms with Gasteiger partial charge in [-0.05, 0) is 69.8 Å². The quantitative estimate of drug-likeness (QED) is 0.441. The van der Waals surface area contributed by atoms with Crippen LogP contribution in [0.25, 0.3) is 0 Å². The minimum absolute atomic E-state index is 0.114. The molecule has 0 radical (unpaired) electrons. The summed E-state index contributed by atoms with van der Waals surface area (Å²) in [4.78, 5) is 27.5. The van der Waals surface area contributed by atoms with Crippen molar-refractivity contribution in [1.82, 2.24) is 25.1 Å². The molecular weight excluding hydrogens is 448 g/mol. The molecule has 1 amide bonds. The maximum absolute atomic E-state index is 12.0. The monoisotopic (exact) mass is 478 g/mol. The van der Waals surface area contributed by atoms with E-state index >= 15 is 0 Å². The fraction of sp³-hybridized carbons (Fsp3) is 0.417. The van der Waals surface area contributed by atoms with Crippen molar-refractivity contribution in [3.05, 3.63) is 41.6 Å². The van der Waals surface area contributed by atoms with Crippen molar-refractivity contribution in [1.29, 1.82) is 0 Å². The van der Waals surface area contributed by atoms with E-state index in [4.69, 9.17) is 9.97 Å². The predicted octanol–water partition coefficient (Wildman–Crippen LogP) is 3.81. The largest absolute Gasteiger partial charge is 0.354 e. The standard InChI is InChI=1S/C24H30N8OS/c1-15-14-20(30-29-15)26-21-16(2)22(32-12-10-31(3)11-13-32)28-24(27-21)34-19-8-6-18(7-9-19)25-23(33)17-4-5-17/h6-9,14,17H,4-5,10-13H2,1-3H3,(H,25,33)(H2,26,27,28,29,30). The van der Waals surface area contributed by atoms with Gasteiger partial charge in [0.15, 0.2) is 11.0 Å². The van der Waals surface area contributed by atoms with Crippen LogP contribution in [0.2, 0.25) is 0 Å². The van der Waals surface area contributed by atoms with E-state index in [1.54, 1.807) is 0 Å². The van der Waals surface area contributed by atoms with Crippen LogP contribution in [0.4, 0.5) is 23.1 Å². The average molecular weight is 479 g/mol. The highest BCUT2D eigenvalue weighted by atomic mass is 32.2. The number of nitrogens with zero attached hydrogens (tertiary/aromatic N) is 5. The zero-order valence-electron chi connectivity index (χ0n) is 19.8. The molecule has 5 rings (SSSR count). The first-order valence-corrected chi connectivity index (χ1v) is 12.5. The Bertz CT molecular complexity index is 1170. The number of nitrogens with one attached hydrogen (secondary N) is 3. The van der Waals surface area contributed by atoms with Gasteiger partial charge < -0.3 is 20.4 Å². The Balaban J connectivity index is 1.39. The number of piperazine rings is 1. The molecule has 2 aliphatic rings. The minimum Gasteiger partial charge on any atom is -0.354 e. The van der Waals surface area contributed by atoms with Crippen LogP contribution in [-0.4, -0.2) is 64.2 Å². The molecule has 1 aliphatic heterocycles. The first kappa shape index (κ1) is 22.7.